The zero-order valence-corrected chi connectivity index (χ0v) is 8.23. The van der Waals surface area contributed by atoms with Crippen LogP contribution in [0.3, 0.4) is 0 Å². The molecule has 2 N–H and O–H groups in total. The number of likely N-dealkylation sites (N-methyl/N-ethyl adjacent to an activating group) is 1. The average Bonchev–Trinajstić information content (AvgIpc) is 2.02. The molecular weight excluding hydrogens is 180 g/mol. The molecule has 6 heteroatoms. The van der Waals surface area contributed by atoms with Crippen LogP contribution in [0.5, 0.6) is 0 Å². The molecule has 1 unspecified atom stereocenters. The molecule has 0 fully saturated rings. The summed E-state index contributed by atoms with van der Waals surface area (Å²) in [6.07, 6.45) is 0. The SMILES string of the molecule is CCS(=O)(=O)NC(C)C(=O)NC. The molecule has 0 spiro atoms. The van der Waals surface area contributed by atoms with E-state index in [4.69, 9.17) is 0 Å². The number of rotatable bonds is 4. The van der Waals surface area contributed by atoms with Crippen LogP contribution in [0.1, 0.15) is 13.8 Å². The number of hydrogen-bond donors (Lipinski definition) is 2. The molecule has 0 aromatic rings. The van der Waals surface area contributed by atoms with Crippen LogP contribution in [0, 0.1) is 0 Å². The highest BCUT2D eigenvalue weighted by molar-refractivity contribution is 7.89. The summed E-state index contributed by atoms with van der Waals surface area (Å²) in [5.41, 5.74) is 0. The summed E-state index contributed by atoms with van der Waals surface area (Å²) in [5, 5.41) is 2.35. The quantitative estimate of drug-likeness (QED) is 0.606. The van der Waals surface area contributed by atoms with Gasteiger partial charge in [-0.2, -0.15) is 0 Å². The van der Waals surface area contributed by atoms with Crippen LogP contribution in [-0.2, 0) is 14.8 Å². The molecule has 72 valence electrons. The maximum atomic E-state index is 10.9. The van der Waals surface area contributed by atoms with Gasteiger partial charge in [0.15, 0.2) is 0 Å². The van der Waals surface area contributed by atoms with Crippen LogP contribution < -0.4 is 10.0 Å². The van der Waals surface area contributed by atoms with Crippen molar-refractivity contribution in [3.63, 3.8) is 0 Å². The Balaban J connectivity index is 4.19. The highest BCUT2D eigenvalue weighted by Gasteiger charge is 2.16. The van der Waals surface area contributed by atoms with Gasteiger partial charge in [0.2, 0.25) is 15.9 Å². The molecule has 5 nitrogen and oxygen atoms in total. The highest BCUT2D eigenvalue weighted by atomic mass is 32.2. The average molecular weight is 194 g/mol. The molecule has 0 heterocycles. The van der Waals surface area contributed by atoms with Crippen LogP contribution in [0.2, 0.25) is 0 Å². The topological polar surface area (TPSA) is 75.3 Å². The molecular formula is C6H14N2O3S. The molecule has 0 bridgehead atoms. The molecule has 0 aromatic carbocycles. The first-order valence-electron chi connectivity index (χ1n) is 3.64. The van der Waals surface area contributed by atoms with Gasteiger partial charge >= 0.3 is 0 Å². The number of hydrogen-bond acceptors (Lipinski definition) is 3. The molecule has 1 atom stereocenters. The number of carbonyl (C=O) groups is 1. The van der Waals surface area contributed by atoms with Gasteiger partial charge in [-0.15, -0.1) is 0 Å². The minimum absolute atomic E-state index is 0.0195. The lowest BCUT2D eigenvalue weighted by Crippen LogP contribution is -2.44. The van der Waals surface area contributed by atoms with Crippen LogP contribution >= 0.6 is 0 Å². The summed E-state index contributed by atoms with van der Waals surface area (Å²) in [6, 6.07) is -0.708. The molecule has 0 aliphatic rings. The largest absolute Gasteiger partial charge is 0.358 e. The van der Waals surface area contributed by atoms with Gasteiger partial charge in [0, 0.05) is 7.05 Å². The molecule has 0 rings (SSSR count). The third kappa shape index (κ3) is 3.68. The Kier molecular flexibility index (Phi) is 4.19. The van der Waals surface area contributed by atoms with E-state index in [9.17, 15) is 13.2 Å². The summed E-state index contributed by atoms with van der Waals surface area (Å²) >= 11 is 0. The molecule has 0 saturated carbocycles. The van der Waals surface area contributed by atoms with E-state index in [0.29, 0.717) is 0 Å². The molecule has 0 aliphatic carbocycles. The fourth-order valence-electron chi connectivity index (χ4n) is 0.623. The molecule has 0 aliphatic heterocycles. The van der Waals surface area contributed by atoms with Crippen molar-refractivity contribution in [2.75, 3.05) is 12.8 Å². The van der Waals surface area contributed by atoms with Crippen LogP contribution in [0.25, 0.3) is 0 Å². The van der Waals surface area contributed by atoms with Crippen molar-refractivity contribution in [3.05, 3.63) is 0 Å². The fourth-order valence-corrected chi connectivity index (χ4v) is 1.44. The van der Waals surface area contributed by atoms with Gasteiger partial charge in [0.25, 0.3) is 0 Å². The van der Waals surface area contributed by atoms with Crippen LogP contribution in [0.15, 0.2) is 0 Å². The first-order valence-corrected chi connectivity index (χ1v) is 5.29. The molecule has 1 amide bonds. The molecule has 0 radical (unpaired) electrons. The van der Waals surface area contributed by atoms with E-state index in [2.05, 4.69) is 10.0 Å². The van der Waals surface area contributed by atoms with Crippen molar-refractivity contribution in [2.45, 2.75) is 19.9 Å². The zero-order chi connectivity index (χ0) is 9.78. The number of sulfonamides is 1. The number of nitrogens with one attached hydrogen (secondary N) is 2. The van der Waals surface area contributed by atoms with Crippen molar-refractivity contribution in [2.24, 2.45) is 0 Å². The second-order valence-corrected chi connectivity index (χ2v) is 4.40. The van der Waals surface area contributed by atoms with E-state index in [1.807, 2.05) is 0 Å². The summed E-state index contributed by atoms with van der Waals surface area (Å²) in [7, 11) is -1.83. The minimum atomic E-state index is -3.28. The van der Waals surface area contributed by atoms with Crippen molar-refractivity contribution in [1.29, 1.82) is 0 Å². The van der Waals surface area contributed by atoms with Gasteiger partial charge in [-0.25, -0.2) is 13.1 Å². The van der Waals surface area contributed by atoms with Gasteiger partial charge < -0.3 is 5.32 Å². The third-order valence-corrected chi connectivity index (χ3v) is 2.85. The maximum Gasteiger partial charge on any atom is 0.237 e. The molecule has 12 heavy (non-hydrogen) atoms. The summed E-state index contributed by atoms with van der Waals surface area (Å²) < 4.78 is 24.1. The van der Waals surface area contributed by atoms with E-state index < -0.39 is 16.1 Å². The normalized spacial score (nSPS) is 13.9. The van der Waals surface area contributed by atoms with Gasteiger partial charge in [-0.05, 0) is 13.8 Å². The van der Waals surface area contributed by atoms with E-state index in [0.717, 1.165) is 0 Å². The van der Waals surface area contributed by atoms with E-state index in [1.165, 1.54) is 20.9 Å². The zero-order valence-electron chi connectivity index (χ0n) is 7.42. The monoisotopic (exact) mass is 194 g/mol. The van der Waals surface area contributed by atoms with E-state index in [1.54, 1.807) is 0 Å². The first-order chi connectivity index (χ1) is 5.43. The summed E-state index contributed by atoms with van der Waals surface area (Å²) in [6.45, 7) is 3.00. The molecule has 0 saturated heterocycles. The lowest BCUT2D eigenvalue weighted by molar-refractivity contribution is -0.121. The van der Waals surface area contributed by atoms with Crippen molar-refractivity contribution in [3.8, 4) is 0 Å². The lowest BCUT2D eigenvalue weighted by Gasteiger charge is -2.10. The van der Waals surface area contributed by atoms with Crippen molar-refractivity contribution >= 4 is 15.9 Å². The number of amides is 1. The Morgan fingerprint density at radius 2 is 2.00 bits per heavy atom. The predicted molar refractivity (Wildman–Crippen MR) is 46.1 cm³/mol. The Bertz CT molecular complexity index is 248. The Labute approximate surface area is 72.6 Å². The minimum Gasteiger partial charge on any atom is -0.358 e. The Morgan fingerprint density at radius 3 is 2.33 bits per heavy atom. The van der Waals surface area contributed by atoms with E-state index in [-0.39, 0.29) is 11.7 Å². The second kappa shape index (κ2) is 4.42. The van der Waals surface area contributed by atoms with Gasteiger partial charge in [-0.1, -0.05) is 0 Å². The lowest BCUT2D eigenvalue weighted by atomic mass is 10.3. The number of carbonyl (C=O) groups excluding carboxylic acids is 1. The van der Waals surface area contributed by atoms with Crippen molar-refractivity contribution < 1.29 is 13.2 Å². The second-order valence-electron chi connectivity index (χ2n) is 2.36. The van der Waals surface area contributed by atoms with Crippen LogP contribution in [0.4, 0.5) is 0 Å². The highest BCUT2D eigenvalue weighted by Crippen LogP contribution is 1.88. The standard InChI is InChI=1S/C6H14N2O3S/c1-4-12(10,11)8-5(2)6(9)7-3/h5,8H,4H2,1-3H3,(H,7,9). The Morgan fingerprint density at radius 1 is 1.50 bits per heavy atom. The summed E-state index contributed by atoms with van der Waals surface area (Å²) in [5.74, 6) is -0.360. The molecule has 0 aromatic heterocycles. The first kappa shape index (κ1) is 11.4. The van der Waals surface area contributed by atoms with Gasteiger partial charge in [-0.3, -0.25) is 4.79 Å². The third-order valence-electron chi connectivity index (χ3n) is 1.38. The Hall–Kier alpha value is -0.620. The van der Waals surface area contributed by atoms with Gasteiger partial charge in [0.1, 0.15) is 0 Å². The smallest absolute Gasteiger partial charge is 0.237 e. The summed E-state index contributed by atoms with van der Waals surface area (Å²) in [4.78, 5) is 10.9. The van der Waals surface area contributed by atoms with Crippen molar-refractivity contribution in [1.82, 2.24) is 10.0 Å². The fraction of sp³-hybridized carbons (Fsp3) is 0.833. The van der Waals surface area contributed by atoms with Crippen LogP contribution in [-0.4, -0.2) is 33.2 Å². The predicted octanol–water partition coefficient (Wildman–Crippen LogP) is -0.940. The van der Waals surface area contributed by atoms with Gasteiger partial charge in [0.05, 0.1) is 11.8 Å². The maximum absolute atomic E-state index is 10.9. The van der Waals surface area contributed by atoms with E-state index >= 15 is 0 Å².